The number of rotatable bonds is 12. The van der Waals surface area contributed by atoms with E-state index in [0.29, 0.717) is 31.0 Å². The van der Waals surface area contributed by atoms with E-state index in [1.807, 2.05) is 81.9 Å². The molecule has 0 aliphatic carbocycles. The highest BCUT2D eigenvalue weighted by atomic mass is 32.2. The molecule has 0 spiro atoms. The van der Waals surface area contributed by atoms with Gasteiger partial charge in [-0.15, -0.1) is 0 Å². The van der Waals surface area contributed by atoms with Gasteiger partial charge < -0.3 is 14.8 Å². The molecule has 0 saturated carbocycles. The number of benzene rings is 3. The molecule has 1 aliphatic heterocycles. The zero-order valence-corrected chi connectivity index (χ0v) is 31.1. The summed E-state index contributed by atoms with van der Waals surface area (Å²) in [5.74, 6) is -0.176. The fourth-order valence-corrected chi connectivity index (χ4v) is 6.51. The number of methoxy groups -OCH3 is 1. The molecule has 1 amide bonds. The van der Waals surface area contributed by atoms with E-state index in [9.17, 15) is 13.2 Å². The van der Waals surface area contributed by atoms with Crippen LogP contribution in [0.1, 0.15) is 79.0 Å². The first-order valence-electron chi connectivity index (χ1n) is 16.4. The van der Waals surface area contributed by atoms with Crippen molar-refractivity contribution < 1.29 is 22.7 Å². The van der Waals surface area contributed by atoms with Crippen molar-refractivity contribution in [3.63, 3.8) is 0 Å². The number of carbonyl (C=O) groups excluding carboxylic acids is 1. The number of aryl methyl sites for hydroxylation is 1. The third-order valence-corrected chi connectivity index (χ3v) is 9.23. The fraction of sp³-hybridized carbons (Fsp3) is 0.405. The van der Waals surface area contributed by atoms with E-state index in [-0.39, 0.29) is 34.3 Å². The van der Waals surface area contributed by atoms with Crippen molar-refractivity contribution in [3.05, 3.63) is 100 Å². The van der Waals surface area contributed by atoms with Gasteiger partial charge in [-0.1, -0.05) is 62.4 Å². The van der Waals surface area contributed by atoms with Crippen molar-refractivity contribution in [1.82, 2.24) is 9.78 Å². The molecule has 3 aromatic carbocycles. The minimum atomic E-state index is -3.61. The first kappa shape index (κ1) is 36.5. The van der Waals surface area contributed by atoms with Gasteiger partial charge in [-0.25, -0.2) is 13.4 Å². The third-order valence-electron chi connectivity index (χ3n) is 8.64. The second-order valence-electron chi connectivity index (χ2n) is 14.4. The minimum absolute atomic E-state index is 0.210. The van der Waals surface area contributed by atoms with Crippen molar-refractivity contribution >= 4 is 33.0 Å². The maximum atomic E-state index is 13.7. The number of sulfonamides is 1. The van der Waals surface area contributed by atoms with Crippen LogP contribution in [0, 0.1) is 13.8 Å². The molecule has 2 heterocycles. The Balaban J connectivity index is 1.32. The quantitative estimate of drug-likeness (QED) is 0.158. The van der Waals surface area contributed by atoms with Crippen LogP contribution < -0.4 is 19.8 Å². The van der Waals surface area contributed by atoms with Gasteiger partial charge in [0.25, 0.3) is 5.91 Å². The van der Waals surface area contributed by atoms with Crippen LogP contribution in [0.2, 0.25) is 0 Å². The van der Waals surface area contributed by atoms with Crippen molar-refractivity contribution in [2.45, 2.75) is 72.1 Å². The summed E-state index contributed by atoms with van der Waals surface area (Å²) in [4.78, 5) is 13.7. The number of anilines is 3. The molecule has 2 N–H and O–H groups in total. The summed E-state index contributed by atoms with van der Waals surface area (Å²) >= 11 is 0. The number of ether oxygens (including phenoxy) is 2. The van der Waals surface area contributed by atoms with E-state index in [4.69, 9.17) is 14.6 Å². The fourth-order valence-electron chi connectivity index (χ4n) is 5.96. The lowest BCUT2D eigenvalue weighted by Crippen LogP contribution is -2.34. The standard InChI is InChI=1S/C37H47N7O5S/c1-24-15-16-27(35(45)39-30-18-28(36(3,4)5)19-31(34(30)48-8)41-50(9,46)47)17-33(24)43-21-32(40-42-43)29-20-38-44(25(29)2)37(6,7)23-49-22-26-13-11-10-12-14-26/h10-20,32,41H,21-23H2,1-9H3,(H,39,45). The Hall–Kier alpha value is -4.75. The molecular formula is C37H47N7O5S. The summed E-state index contributed by atoms with van der Waals surface area (Å²) in [7, 11) is -2.18. The number of nitrogens with one attached hydrogen (secondary N) is 2. The summed E-state index contributed by atoms with van der Waals surface area (Å²) < 4.78 is 40.5. The molecule has 0 fully saturated rings. The van der Waals surface area contributed by atoms with Crippen LogP contribution in [0.4, 0.5) is 17.1 Å². The average molecular weight is 702 g/mol. The molecule has 5 rings (SSSR count). The molecule has 13 heteroatoms. The van der Waals surface area contributed by atoms with Gasteiger partial charge >= 0.3 is 0 Å². The molecule has 0 bridgehead atoms. The van der Waals surface area contributed by atoms with Crippen LogP contribution in [0.25, 0.3) is 0 Å². The van der Waals surface area contributed by atoms with E-state index in [0.717, 1.165) is 39.9 Å². The Morgan fingerprint density at radius 1 is 1.00 bits per heavy atom. The molecule has 1 unspecified atom stereocenters. The smallest absolute Gasteiger partial charge is 0.255 e. The Kier molecular flexibility index (Phi) is 10.4. The second-order valence-corrected chi connectivity index (χ2v) is 16.1. The molecule has 1 atom stereocenters. The predicted molar refractivity (Wildman–Crippen MR) is 197 cm³/mol. The predicted octanol–water partition coefficient (Wildman–Crippen LogP) is 7.31. The van der Waals surface area contributed by atoms with Crippen molar-refractivity contribution in [2.24, 2.45) is 10.3 Å². The molecule has 1 aromatic heterocycles. The Morgan fingerprint density at radius 3 is 2.36 bits per heavy atom. The SMILES string of the molecule is COc1c(NC(=O)c2ccc(C)c(N3CC(c4cnn(C(C)(C)COCc5ccccc5)c4C)N=N3)c2)cc(C(C)(C)C)cc1NS(C)(=O)=O. The first-order valence-corrected chi connectivity index (χ1v) is 18.3. The van der Waals surface area contributed by atoms with Crippen LogP contribution >= 0.6 is 0 Å². The molecule has 0 saturated heterocycles. The van der Waals surface area contributed by atoms with E-state index in [2.05, 4.69) is 34.2 Å². The van der Waals surface area contributed by atoms with Crippen molar-refractivity contribution in [1.29, 1.82) is 0 Å². The maximum absolute atomic E-state index is 13.7. The van der Waals surface area contributed by atoms with Crippen LogP contribution in [-0.4, -0.2) is 50.6 Å². The monoisotopic (exact) mass is 701 g/mol. The van der Waals surface area contributed by atoms with Gasteiger partial charge in [0.2, 0.25) is 10.0 Å². The number of carbonyl (C=O) groups is 1. The number of hydrogen-bond donors (Lipinski definition) is 2. The highest BCUT2D eigenvalue weighted by Gasteiger charge is 2.31. The van der Waals surface area contributed by atoms with Crippen LogP contribution in [0.15, 0.2) is 77.2 Å². The number of amides is 1. The number of aromatic nitrogens is 2. The van der Waals surface area contributed by atoms with E-state index in [1.165, 1.54) is 7.11 Å². The van der Waals surface area contributed by atoms with Gasteiger partial charge in [-0.2, -0.15) is 10.2 Å². The Morgan fingerprint density at radius 2 is 1.70 bits per heavy atom. The minimum Gasteiger partial charge on any atom is -0.492 e. The molecule has 12 nitrogen and oxygen atoms in total. The summed E-state index contributed by atoms with van der Waals surface area (Å²) in [6.07, 6.45) is 2.92. The maximum Gasteiger partial charge on any atom is 0.255 e. The lowest BCUT2D eigenvalue weighted by molar-refractivity contribution is 0.0496. The average Bonchev–Trinajstić information content (AvgIpc) is 3.67. The van der Waals surface area contributed by atoms with Gasteiger partial charge in [-0.05, 0) is 74.1 Å². The highest BCUT2D eigenvalue weighted by molar-refractivity contribution is 7.92. The molecule has 4 aromatic rings. The second kappa shape index (κ2) is 14.2. The molecule has 0 radical (unpaired) electrons. The molecular weight excluding hydrogens is 655 g/mol. The Labute approximate surface area is 294 Å². The van der Waals surface area contributed by atoms with Crippen molar-refractivity contribution in [3.8, 4) is 5.75 Å². The lowest BCUT2D eigenvalue weighted by atomic mass is 9.86. The largest absolute Gasteiger partial charge is 0.492 e. The van der Waals surface area contributed by atoms with E-state index in [1.54, 1.807) is 29.3 Å². The normalized spacial score (nSPS) is 15.0. The molecule has 1 aliphatic rings. The first-order chi connectivity index (χ1) is 23.5. The third kappa shape index (κ3) is 8.33. The summed E-state index contributed by atoms with van der Waals surface area (Å²) in [6.45, 7) is 15.7. The zero-order chi connectivity index (χ0) is 36.4. The number of nitrogens with zero attached hydrogens (tertiary/aromatic N) is 5. The van der Waals surface area contributed by atoms with Crippen molar-refractivity contribution in [2.75, 3.05) is 41.6 Å². The van der Waals surface area contributed by atoms with Gasteiger partial charge in [0.1, 0.15) is 6.04 Å². The molecule has 266 valence electrons. The Bertz CT molecular complexity index is 2000. The van der Waals surface area contributed by atoms with E-state index < -0.39 is 10.0 Å². The van der Waals surface area contributed by atoms with Gasteiger partial charge in [0, 0.05) is 16.8 Å². The van der Waals surface area contributed by atoms with E-state index >= 15 is 0 Å². The highest BCUT2D eigenvalue weighted by Crippen LogP contribution is 2.40. The van der Waals surface area contributed by atoms with Gasteiger partial charge in [0.15, 0.2) is 5.75 Å². The van der Waals surface area contributed by atoms with Crippen LogP contribution in [-0.2, 0) is 32.3 Å². The van der Waals surface area contributed by atoms with Gasteiger partial charge in [-0.3, -0.25) is 14.2 Å². The zero-order valence-electron chi connectivity index (χ0n) is 30.2. The molecule has 50 heavy (non-hydrogen) atoms. The summed E-state index contributed by atoms with van der Waals surface area (Å²) in [5.41, 5.74) is 5.84. The summed E-state index contributed by atoms with van der Waals surface area (Å²) in [6, 6.07) is 18.8. The topological polar surface area (TPSA) is 140 Å². The summed E-state index contributed by atoms with van der Waals surface area (Å²) in [5, 5.41) is 18.6. The van der Waals surface area contributed by atoms with Crippen LogP contribution in [0.5, 0.6) is 5.75 Å². The lowest BCUT2D eigenvalue weighted by Gasteiger charge is -2.27. The van der Waals surface area contributed by atoms with Crippen LogP contribution in [0.3, 0.4) is 0 Å². The van der Waals surface area contributed by atoms with Gasteiger partial charge in [0.05, 0.1) is 61.9 Å². The number of hydrogen-bond acceptors (Lipinski definition) is 9.